The van der Waals surface area contributed by atoms with Crippen LogP contribution in [-0.4, -0.2) is 19.4 Å². The average Bonchev–Trinajstić information content (AvgIpc) is 2.29. The molecule has 0 fully saturated rings. The highest BCUT2D eigenvalue weighted by atomic mass is 19.4. The van der Waals surface area contributed by atoms with Crippen LogP contribution in [0.3, 0.4) is 0 Å². The molecule has 0 aliphatic carbocycles. The fourth-order valence-electron chi connectivity index (χ4n) is 1.75. The van der Waals surface area contributed by atoms with Crippen molar-refractivity contribution in [2.75, 3.05) is 13.2 Å². The molecule has 0 aliphatic rings. The Balaban J connectivity index is 2.54. The first-order chi connectivity index (χ1) is 8.83. The number of nitrogens with one attached hydrogen (secondary N) is 1. The summed E-state index contributed by atoms with van der Waals surface area (Å²) in [4.78, 5) is 0. The molecule has 0 heterocycles. The molecule has 0 radical (unpaired) electrons. The number of alkyl halides is 3. The highest BCUT2D eigenvalue weighted by Gasteiger charge is 2.27. The monoisotopic (exact) mass is 280 g/mol. The first-order valence-electron chi connectivity index (χ1n) is 5.70. The molecule has 0 spiro atoms. The number of nitrogens with two attached hydrogens (primary N) is 1. The number of hydrogen-bond acceptors (Lipinski definition) is 3. The van der Waals surface area contributed by atoms with Crippen LogP contribution in [0.1, 0.15) is 23.6 Å². The molecule has 0 bridgehead atoms. The molecule has 19 heavy (non-hydrogen) atoms. The van der Waals surface area contributed by atoms with Gasteiger partial charge in [0.25, 0.3) is 0 Å². The minimum atomic E-state index is -4.34. The number of benzene rings is 1. The van der Waals surface area contributed by atoms with Crippen LogP contribution in [0.25, 0.3) is 0 Å². The van der Waals surface area contributed by atoms with E-state index >= 15 is 0 Å². The minimum Gasteiger partial charge on any atom is -0.372 e. The quantitative estimate of drug-likeness (QED) is 0.364. The van der Waals surface area contributed by atoms with Crippen molar-refractivity contribution in [3.63, 3.8) is 0 Å². The lowest BCUT2D eigenvalue weighted by atomic mass is 9.99. The summed E-state index contributed by atoms with van der Waals surface area (Å²) in [6.07, 6.45) is -4.07. The van der Waals surface area contributed by atoms with Gasteiger partial charge in [-0.05, 0) is 36.6 Å². The summed E-state index contributed by atoms with van der Waals surface area (Å²) in [7, 11) is 0. The standard InChI is InChI=1S/C12H16F4N2O/c1-8-6-9(13)2-3-10(8)11(18-17)4-5-19-7-12(14,15)16/h2-3,6,11,18H,4-5,7,17H2,1H3. The van der Waals surface area contributed by atoms with Crippen LogP contribution in [-0.2, 0) is 4.74 Å². The van der Waals surface area contributed by atoms with Crippen LogP contribution >= 0.6 is 0 Å². The Labute approximate surface area is 108 Å². The van der Waals surface area contributed by atoms with Gasteiger partial charge in [-0.2, -0.15) is 13.2 Å². The largest absolute Gasteiger partial charge is 0.411 e. The molecule has 1 rings (SSSR count). The first kappa shape index (κ1) is 15.9. The summed E-state index contributed by atoms with van der Waals surface area (Å²) in [5.41, 5.74) is 3.91. The second-order valence-electron chi connectivity index (χ2n) is 4.18. The number of hydrogen-bond donors (Lipinski definition) is 2. The van der Waals surface area contributed by atoms with E-state index < -0.39 is 12.8 Å². The van der Waals surface area contributed by atoms with Gasteiger partial charge < -0.3 is 4.74 Å². The van der Waals surface area contributed by atoms with Crippen LogP contribution in [0.15, 0.2) is 18.2 Å². The Bertz CT molecular complexity index is 409. The SMILES string of the molecule is Cc1cc(F)ccc1C(CCOCC(F)(F)F)NN. The van der Waals surface area contributed by atoms with Crippen LogP contribution in [0.2, 0.25) is 0 Å². The zero-order valence-electron chi connectivity index (χ0n) is 10.4. The Kier molecular flexibility index (Phi) is 5.71. The van der Waals surface area contributed by atoms with Gasteiger partial charge in [0.2, 0.25) is 0 Å². The highest BCUT2D eigenvalue weighted by Crippen LogP contribution is 2.21. The number of ether oxygens (including phenoxy) is 1. The van der Waals surface area contributed by atoms with Gasteiger partial charge >= 0.3 is 6.18 Å². The molecule has 1 aromatic rings. The van der Waals surface area contributed by atoms with Crippen molar-refractivity contribution in [1.29, 1.82) is 0 Å². The van der Waals surface area contributed by atoms with Gasteiger partial charge in [-0.25, -0.2) is 4.39 Å². The molecule has 0 saturated carbocycles. The normalized spacial score (nSPS) is 13.6. The van der Waals surface area contributed by atoms with Gasteiger partial charge in [0, 0.05) is 12.6 Å². The average molecular weight is 280 g/mol. The number of hydrazine groups is 1. The van der Waals surface area contributed by atoms with Crippen molar-refractivity contribution in [2.24, 2.45) is 5.84 Å². The minimum absolute atomic E-state index is 0.0921. The third-order valence-electron chi connectivity index (χ3n) is 2.63. The van der Waals surface area contributed by atoms with Crippen molar-refractivity contribution < 1.29 is 22.3 Å². The van der Waals surface area contributed by atoms with E-state index in [1.807, 2.05) is 0 Å². The second kappa shape index (κ2) is 6.83. The van der Waals surface area contributed by atoms with E-state index in [0.29, 0.717) is 5.56 Å². The predicted octanol–water partition coefficient (Wildman–Crippen LogP) is 2.61. The smallest absolute Gasteiger partial charge is 0.372 e. The molecular formula is C12H16F4N2O. The fourth-order valence-corrected chi connectivity index (χ4v) is 1.75. The molecule has 0 aliphatic heterocycles. The molecule has 108 valence electrons. The molecule has 1 unspecified atom stereocenters. The van der Waals surface area contributed by atoms with Crippen molar-refractivity contribution >= 4 is 0 Å². The molecule has 0 aromatic heterocycles. The lowest BCUT2D eigenvalue weighted by molar-refractivity contribution is -0.174. The summed E-state index contributed by atoms with van der Waals surface area (Å²) < 4.78 is 53.1. The van der Waals surface area contributed by atoms with Gasteiger partial charge in [0.15, 0.2) is 0 Å². The lowest BCUT2D eigenvalue weighted by Crippen LogP contribution is -2.30. The van der Waals surface area contributed by atoms with Gasteiger partial charge in [0.05, 0.1) is 0 Å². The third-order valence-corrected chi connectivity index (χ3v) is 2.63. The second-order valence-corrected chi connectivity index (χ2v) is 4.18. The number of rotatable bonds is 6. The fraction of sp³-hybridized carbons (Fsp3) is 0.500. The van der Waals surface area contributed by atoms with E-state index in [9.17, 15) is 17.6 Å². The molecule has 3 nitrogen and oxygen atoms in total. The van der Waals surface area contributed by atoms with E-state index in [4.69, 9.17) is 5.84 Å². The molecule has 7 heteroatoms. The zero-order chi connectivity index (χ0) is 14.5. The van der Waals surface area contributed by atoms with Crippen LogP contribution in [0, 0.1) is 12.7 Å². The maximum Gasteiger partial charge on any atom is 0.411 e. The number of aryl methyl sites for hydroxylation is 1. The summed E-state index contributed by atoms with van der Waals surface area (Å²) in [6, 6.07) is 3.80. The van der Waals surface area contributed by atoms with E-state index in [1.165, 1.54) is 12.1 Å². The third kappa shape index (κ3) is 5.54. The van der Waals surface area contributed by atoms with Gasteiger partial charge in [-0.15, -0.1) is 0 Å². The lowest BCUT2D eigenvalue weighted by Gasteiger charge is -2.18. The Morgan fingerprint density at radius 2 is 2.05 bits per heavy atom. The molecule has 0 saturated heterocycles. The van der Waals surface area contributed by atoms with E-state index in [-0.39, 0.29) is 24.9 Å². The molecule has 1 atom stereocenters. The van der Waals surface area contributed by atoms with E-state index in [2.05, 4.69) is 10.2 Å². The maximum atomic E-state index is 13.0. The van der Waals surface area contributed by atoms with Gasteiger partial charge in [0.1, 0.15) is 12.4 Å². The first-order valence-corrected chi connectivity index (χ1v) is 5.70. The predicted molar refractivity (Wildman–Crippen MR) is 62.7 cm³/mol. The highest BCUT2D eigenvalue weighted by molar-refractivity contribution is 5.29. The molecular weight excluding hydrogens is 264 g/mol. The van der Waals surface area contributed by atoms with Gasteiger partial charge in [-0.3, -0.25) is 11.3 Å². The van der Waals surface area contributed by atoms with E-state index in [1.54, 1.807) is 13.0 Å². The number of halogens is 4. The van der Waals surface area contributed by atoms with E-state index in [0.717, 1.165) is 5.56 Å². The van der Waals surface area contributed by atoms with Crippen molar-refractivity contribution in [1.82, 2.24) is 5.43 Å². The Hall–Kier alpha value is -1.18. The van der Waals surface area contributed by atoms with Crippen molar-refractivity contribution in [3.8, 4) is 0 Å². The van der Waals surface area contributed by atoms with Crippen LogP contribution < -0.4 is 11.3 Å². The van der Waals surface area contributed by atoms with Crippen molar-refractivity contribution in [2.45, 2.75) is 25.6 Å². The summed E-state index contributed by atoms with van der Waals surface area (Å²) >= 11 is 0. The summed E-state index contributed by atoms with van der Waals surface area (Å²) in [5.74, 6) is 4.99. The van der Waals surface area contributed by atoms with Crippen molar-refractivity contribution in [3.05, 3.63) is 35.1 Å². The molecule has 1 aromatic carbocycles. The topological polar surface area (TPSA) is 47.3 Å². The Morgan fingerprint density at radius 1 is 1.37 bits per heavy atom. The maximum absolute atomic E-state index is 13.0. The molecule has 3 N–H and O–H groups in total. The summed E-state index contributed by atoms with van der Waals surface area (Å²) in [6.45, 7) is 0.331. The summed E-state index contributed by atoms with van der Waals surface area (Å²) in [5, 5.41) is 0. The van der Waals surface area contributed by atoms with Gasteiger partial charge in [-0.1, -0.05) is 6.07 Å². The zero-order valence-corrected chi connectivity index (χ0v) is 10.4. The molecule has 0 amide bonds. The van der Waals surface area contributed by atoms with Crippen LogP contribution in [0.4, 0.5) is 17.6 Å². The Morgan fingerprint density at radius 3 is 2.58 bits per heavy atom. The van der Waals surface area contributed by atoms with Crippen LogP contribution in [0.5, 0.6) is 0 Å².